The van der Waals surface area contributed by atoms with Crippen LogP contribution < -0.4 is 10.6 Å². The average Bonchev–Trinajstić information content (AvgIpc) is 2.60. The molecule has 0 bridgehead atoms. The van der Waals surface area contributed by atoms with E-state index in [1.165, 1.54) is 38.7 Å². The highest BCUT2D eigenvalue weighted by atomic mass is 32.2. The standard InChI is InChI=1S/C19H19F3N2O2S/c1-18(2,17(26)23-3)24-16(25)14-11-12(19(20,21)22)9-10-15(14)27-13-7-5-4-6-8-13/h4-11H,1-3H3,(H,23,26)(H,24,25). The molecule has 2 amide bonds. The second-order valence-corrected chi connectivity index (χ2v) is 7.40. The van der Waals surface area contributed by atoms with Crippen LogP contribution in [0.2, 0.25) is 0 Å². The van der Waals surface area contributed by atoms with E-state index in [0.717, 1.165) is 17.0 Å². The molecule has 144 valence electrons. The van der Waals surface area contributed by atoms with Crippen LogP contribution >= 0.6 is 11.8 Å². The third-order valence-corrected chi connectivity index (χ3v) is 4.83. The topological polar surface area (TPSA) is 58.2 Å². The van der Waals surface area contributed by atoms with Crippen LogP contribution in [0.5, 0.6) is 0 Å². The van der Waals surface area contributed by atoms with Gasteiger partial charge in [-0.1, -0.05) is 30.0 Å². The molecule has 8 heteroatoms. The van der Waals surface area contributed by atoms with Crippen molar-refractivity contribution < 1.29 is 22.8 Å². The molecule has 0 heterocycles. The normalized spacial score (nSPS) is 11.8. The fourth-order valence-electron chi connectivity index (χ4n) is 2.31. The molecule has 27 heavy (non-hydrogen) atoms. The van der Waals surface area contributed by atoms with Gasteiger partial charge in [0.2, 0.25) is 5.91 Å². The highest BCUT2D eigenvalue weighted by Gasteiger charge is 2.34. The van der Waals surface area contributed by atoms with Gasteiger partial charge in [-0.3, -0.25) is 9.59 Å². The van der Waals surface area contributed by atoms with E-state index in [1.807, 2.05) is 6.07 Å². The lowest BCUT2D eigenvalue weighted by molar-refractivity contribution is -0.137. The molecule has 0 radical (unpaired) electrons. The first-order chi connectivity index (χ1) is 12.5. The minimum absolute atomic E-state index is 0.143. The number of nitrogens with one attached hydrogen (secondary N) is 2. The van der Waals surface area contributed by atoms with Gasteiger partial charge in [0.25, 0.3) is 5.91 Å². The lowest BCUT2D eigenvalue weighted by Gasteiger charge is -2.25. The van der Waals surface area contributed by atoms with Gasteiger partial charge in [0.15, 0.2) is 0 Å². The van der Waals surface area contributed by atoms with Gasteiger partial charge in [-0.2, -0.15) is 13.2 Å². The summed E-state index contributed by atoms with van der Waals surface area (Å²) in [6, 6.07) is 12.0. The molecule has 2 rings (SSSR count). The molecule has 0 aliphatic carbocycles. The van der Waals surface area contributed by atoms with Gasteiger partial charge in [0.1, 0.15) is 5.54 Å². The Labute approximate surface area is 159 Å². The zero-order valence-electron chi connectivity index (χ0n) is 15.0. The molecule has 0 unspecified atom stereocenters. The minimum atomic E-state index is -4.58. The first-order valence-corrected chi connectivity index (χ1v) is 8.85. The number of carbonyl (C=O) groups excluding carboxylic acids is 2. The summed E-state index contributed by atoms with van der Waals surface area (Å²) < 4.78 is 39.3. The van der Waals surface area contributed by atoms with Crippen molar-refractivity contribution >= 4 is 23.6 Å². The Bertz CT molecular complexity index is 837. The van der Waals surface area contributed by atoms with Crippen molar-refractivity contribution in [2.24, 2.45) is 0 Å². The number of halogens is 3. The maximum atomic E-state index is 13.1. The van der Waals surface area contributed by atoms with E-state index in [2.05, 4.69) is 10.6 Å². The summed E-state index contributed by atoms with van der Waals surface area (Å²) in [5, 5.41) is 4.91. The van der Waals surface area contributed by atoms with E-state index in [4.69, 9.17) is 0 Å². The third kappa shape index (κ3) is 5.26. The first kappa shape index (κ1) is 20.8. The number of benzene rings is 2. The van der Waals surface area contributed by atoms with E-state index in [-0.39, 0.29) is 5.56 Å². The Morgan fingerprint density at radius 1 is 1.00 bits per heavy atom. The smallest absolute Gasteiger partial charge is 0.357 e. The molecule has 0 aromatic heterocycles. The predicted molar refractivity (Wildman–Crippen MR) is 97.6 cm³/mol. The van der Waals surface area contributed by atoms with Crippen LogP contribution in [0.25, 0.3) is 0 Å². The van der Waals surface area contributed by atoms with Gasteiger partial charge in [-0.15, -0.1) is 0 Å². The fraction of sp³-hybridized carbons (Fsp3) is 0.263. The molecule has 2 aromatic carbocycles. The lowest BCUT2D eigenvalue weighted by atomic mass is 10.0. The molecule has 4 nitrogen and oxygen atoms in total. The van der Waals surface area contributed by atoms with Gasteiger partial charge in [-0.05, 0) is 44.2 Å². The van der Waals surface area contributed by atoms with Crippen LogP contribution in [0.3, 0.4) is 0 Å². The molecular weight excluding hydrogens is 377 g/mol. The zero-order valence-corrected chi connectivity index (χ0v) is 15.8. The number of carbonyl (C=O) groups is 2. The van der Waals surface area contributed by atoms with Gasteiger partial charge in [0.05, 0.1) is 11.1 Å². The predicted octanol–water partition coefficient (Wildman–Crippen LogP) is 4.11. The SMILES string of the molecule is CNC(=O)C(C)(C)NC(=O)c1cc(C(F)(F)F)ccc1Sc1ccccc1. The van der Waals surface area contributed by atoms with Gasteiger partial charge >= 0.3 is 6.18 Å². The van der Waals surface area contributed by atoms with Crippen LogP contribution in [0.1, 0.15) is 29.8 Å². The number of hydrogen-bond acceptors (Lipinski definition) is 3. The summed E-state index contributed by atoms with van der Waals surface area (Å²) in [6.07, 6.45) is -4.58. The Balaban J connectivity index is 2.43. The van der Waals surface area contributed by atoms with Crippen molar-refractivity contribution in [2.75, 3.05) is 7.05 Å². The summed E-state index contributed by atoms with van der Waals surface area (Å²) in [6.45, 7) is 2.95. The number of rotatable bonds is 5. The maximum absolute atomic E-state index is 13.1. The van der Waals surface area contributed by atoms with Crippen molar-refractivity contribution in [3.63, 3.8) is 0 Å². The van der Waals surface area contributed by atoms with Crippen LogP contribution in [0, 0.1) is 0 Å². The van der Waals surface area contributed by atoms with Crippen molar-refractivity contribution in [3.05, 3.63) is 59.7 Å². The number of likely N-dealkylation sites (N-methyl/N-ethyl adjacent to an activating group) is 1. The van der Waals surface area contributed by atoms with E-state index in [1.54, 1.807) is 24.3 Å². The van der Waals surface area contributed by atoms with E-state index in [9.17, 15) is 22.8 Å². The lowest BCUT2D eigenvalue weighted by Crippen LogP contribution is -2.54. The molecule has 0 fully saturated rings. The molecule has 2 N–H and O–H groups in total. The van der Waals surface area contributed by atoms with Gasteiger partial charge in [-0.25, -0.2) is 0 Å². The first-order valence-electron chi connectivity index (χ1n) is 8.03. The zero-order chi connectivity index (χ0) is 20.2. The number of amides is 2. The summed E-state index contributed by atoms with van der Waals surface area (Å²) in [5.74, 6) is -1.21. The summed E-state index contributed by atoms with van der Waals surface area (Å²) in [4.78, 5) is 25.7. The highest BCUT2D eigenvalue weighted by molar-refractivity contribution is 7.99. The average molecular weight is 396 g/mol. The second kappa shape index (κ2) is 8.04. The van der Waals surface area contributed by atoms with Crippen LogP contribution in [-0.2, 0) is 11.0 Å². The molecule has 0 saturated heterocycles. The monoisotopic (exact) mass is 396 g/mol. The number of alkyl halides is 3. The van der Waals surface area contributed by atoms with Crippen LogP contribution in [0.15, 0.2) is 58.3 Å². The van der Waals surface area contributed by atoms with E-state index in [0.29, 0.717) is 4.90 Å². The Kier molecular flexibility index (Phi) is 6.20. The van der Waals surface area contributed by atoms with Crippen molar-refractivity contribution in [2.45, 2.75) is 35.4 Å². The molecule has 0 spiro atoms. The van der Waals surface area contributed by atoms with Gasteiger partial charge in [0, 0.05) is 16.8 Å². The second-order valence-electron chi connectivity index (χ2n) is 6.28. The molecule has 0 saturated carbocycles. The summed E-state index contributed by atoms with van der Waals surface area (Å²) in [7, 11) is 1.41. The molecule has 0 atom stereocenters. The van der Waals surface area contributed by atoms with Gasteiger partial charge < -0.3 is 10.6 Å². The molecular formula is C19H19F3N2O2S. The quantitative estimate of drug-likeness (QED) is 0.800. The molecule has 0 aliphatic rings. The van der Waals surface area contributed by atoms with Crippen LogP contribution in [0.4, 0.5) is 13.2 Å². The van der Waals surface area contributed by atoms with E-state index >= 15 is 0 Å². The largest absolute Gasteiger partial charge is 0.416 e. The summed E-state index contributed by atoms with van der Waals surface area (Å²) >= 11 is 1.17. The van der Waals surface area contributed by atoms with Crippen molar-refractivity contribution in [3.8, 4) is 0 Å². The van der Waals surface area contributed by atoms with Crippen molar-refractivity contribution in [1.29, 1.82) is 0 Å². The van der Waals surface area contributed by atoms with Crippen LogP contribution in [-0.4, -0.2) is 24.4 Å². The van der Waals surface area contributed by atoms with E-state index < -0.39 is 29.1 Å². The van der Waals surface area contributed by atoms with Crippen molar-refractivity contribution in [1.82, 2.24) is 10.6 Å². The summed E-state index contributed by atoms with van der Waals surface area (Å²) in [5.41, 5.74) is -2.35. The fourth-order valence-corrected chi connectivity index (χ4v) is 3.25. The maximum Gasteiger partial charge on any atom is 0.416 e. The molecule has 0 aliphatic heterocycles. The number of hydrogen-bond donors (Lipinski definition) is 2. The Morgan fingerprint density at radius 2 is 1.63 bits per heavy atom. The Morgan fingerprint density at radius 3 is 2.19 bits per heavy atom. The third-order valence-electron chi connectivity index (χ3n) is 3.74. The highest BCUT2D eigenvalue weighted by Crippen LogP contribution is 2.35. The molecule has 2 aromatic rings. The minimum Gasteiger partial charge on any atom is -0.357 e. The Hall–Kier alpha value is -2.48.